The first-order valence-electron chi connectivity index (χ1n) is 7.96. The second kappa shape index (κ2) is 6.81. The number of rotatable bonds is 6. The second-order valence-electron chi connectivity index (χ2n) is 5.94. The molecule has 1 aliphatic carbocycles. The molecule has 1 saturated heterocycles. The van der Waals surface area contributed by atoms with Crippen LogP contribution in [0.25, 0.3) is 0 Å². The molecule has 122 valence electrons. The molecular formula is C17H20N2O4. The molecule has 0 saturated carbocycles. The second-order valence-corrected chi connectivity index (χ2v) is 5.94. The summed E-state index contributed by atoms with van der Waals surface area (Å²) in [6.45, 7) is 0.669. The highest BCUT2D eigenvalue weighted by Crippen LogP contribution is 2.35. The number of fused-ring (bicyclic) bond motifs is 1. The minimum absolute atomic E-state index is 0.0830. The van der Waals surface area contributed by atoms with E-state index in [0.717, 1.165) is 0 Å². The number of carbonyl (C=O) groups excluding carboxylic acids is 3. The molecule has 0 unspecified atom stereocenters. The summed E-state index contributed by atoms with van der Waals surface area (Å²) >= 11 is 0. The average Bonchev–Trinajstić information content (AvgIpc) is 3.16. The third kappa shape index (κ3) is 3.36. The van der Waals surface area contributed by atoms with Gasteiger partial charge in [-0.2, -0.15) is 0 Å². The first-order valence-corrected chi connectivity index (χ1v) is 7.96. The normalized spacial score (nSPS) is 23.2. The summed E-state index contributed by atoms with van der Waals surface area (Å²) in [6, 6.07) is 3.55. The van der Waals surface area contributed by atoms with Crippen LogP contribution in [0.1, 0.15) is 31.4 Å². The van der Waals surface area contributed by atoms with Gasteiger partial charge in [-0.05, 0) is 31.4 Å². The van der Waals surface area contributed by atoms with E-state index in [0.29, 0.717) is 38.1 Å². The van der Waals surface area contributed by atoms with Crippen LogP contribution in [0.15, 0.2) is 35.0 Å². The van der Waals surface area contributed by atoms with Crippen LogP contribution >= 0.6 is 0 Å². The molecule has 3 rings (SSSR count). The number of nitrogens with zero attached hydrogens (tertiary/aromatic N) is 1. The highest BCUT2D eigenvalue weighted by Gasteiger charge is 2.46. The number of likely N-dealkylation sites (tertiary alicyclic amines) is 1. The zero-order chi connectivity index (χ0) is 16.2. The van der Waals surface area contributed by atoms with Gasteiger partial charge in [0.25, 0.3) is 0 Å². The topological polar surface area (TPSA) is 79.6 Å². The lowest BCUT2D eigenvalue weighted by Gasteiger charge is -2.14. The molecule has 0 aromatic carbocycles. The molecule has 6 nitrogen and oxygen atoms in total. The lowest BCUT2D eigenvalue weighted by atomic mass is 9.85. The summed E-state index contributed by atoms with van der Waals surface area (Å²) in [5.41, 5.74) is 0. The summed E-state index contributed by atoms with van der Waals surface area (Å²) in [7, 11) is 0. The highest BCUT2D eigenvalue weighted by atomic mass is 16.3. The molecule has 2 heterocycles. The van der Waals surface area contributed by atoms with Crippen LogP contribution in [0.3, 0.4) is 0 Å². The summed E-state index contributed by atoms with van der Waals surface area (Å²) < 4.78 is 5.13. The van der Waals surface area contributed by atoms with E-state index in [1.165, 1.54) is 4.90 Å². The number of hydrogen-bond donors (Lipinski definition) is 1. The minimum atomic E-state index is -0.194. The van der Waals surface area contributed by atoms with E-state index in [1.54, 1.807) is 18.4 Å². The lowest BCUT2D eigenvalue weighted by molar-refractivity contribution is -0.140. The Bertz CT molecular complexity index is 595. The minimum Gasteiger partial charge on any atom is -0.467 e. The van der Waals surface area contributed by atoms with E-state index in [4.69, 9.17) is 4.42 Å². The number of hydrogen-bond acceptors (Lipinski definition) is 4. The van der Waals surface area contributed by atoms with Crippen molar-refractivity contribution in [3.05, 3.63) is 36.3 Å². The number of allylic oxidation sites excluding steroid dienone is 2. The predicted octanol–water partition coefficient (Wildman–Crippen LogP) is 1.63. The van der Waals surface area contributed by atoms with Crippen LogP contribution in [-0.4, -0.2) is 29.2 Å². The Kier molecular flexibility index (Phi) is 4.60. The molecule has 1 fully saturated rings. The molecule has 1 aromatic heterocycles. The van der Waals surface area contributed by atoms with Crippen LogP contribution < -0.4 is 5.32 Å². The molecule has 2 atom stereocenters. The Morgan fingerprint density at radius 1 is 1.22 bits per heavy atom. The Labute approximate surface area is 134 Å². The zero-order valence-corrected chi connectivity index (χ0v) is 12.9. The van der Waals surface area contributed by atoms with Crippen LogP contribution in [0, 0.1) is 11.8 Å². The lowest BCUT2D eigenvalue weighted by Crippen LogP contribution is -2.33. The van der Waals surface area contributed by atoms with Crippen molar-refractivity contribution >= 4 is 17.7 Å². The fraction of sp³-hybridized carbons (Fsp3) is 0.471. The van der Waals surface area contributed by atoms with Gasteiger partial charge in [-0.1, -0.05) is 12.2 Å². The van der Waals surface area contributed by atoms with Crippen molar-refractivity contribution in [3.8, 4) is 0 Å². The number of amides is 3. The molecule has 1 aliphatic heterocycles. The maximum absolute atomic E-state index is 12.3. The molecular weight excluding hydrogens is 296 g/mol. The van der Waals surface area contributed by atoms with Crippen molar-refractivity contribution in [1.29, 1.82) is 0 Å². The molecule has 23 heavy (non-hydrogen) atoms. The summed E-state index contributed by atoms with van der Waals surface area (Å²) in [6.07, 6.45) is 7.56. The van der Waals surface area contributed by atoms with Gasteiger partial charge in [0, 0.05) is 13.0 Å². The van der Waals surface area contributed by atoms with Gasteiger partial charge in [0.1, 0.15) is 5.76 Å². The smallest absolute Gasteiger partial charge is 0.233 e. The van der Waals surface area contributed by atoms with Gasteiger partial charge in [0.05, 0.1) is 24.6 Å². The summed E-state index contributed by atoms with van der Waals surface area (Å²) in [5, 5.41) is 2.75. The van der Waals surface area contributed by atoms with Gasteiger partial charge >= 0.3 is 0 Å². The van der Waals surface area contributed by atoms with Crippen molar-refractivity contribution in [3.63, 3.8) is 0 Å². The monoisotopic (exact) mass is 316 g/mol. The van der Waals surface area contributed by atoms with Crippen molar-refractivity contribution in [2.75, 3.05) is 6.54 Å². The largest absolute Gasteiger partial charge is 0.467 e. The molecule has 1 aromatic rings. The Hall–Kier alpha value is -2.37. The van der Waals surface area contributed by atoms with E-state index in [2.05, 4.69) is 5.32 Å². The zero-order valence-electron chi connectivity index (χ0n) is 12.9. The molecule has 0 bridgehead atoms. The summed E-state index contributed by atoms with van der Waals surface area (Å²) in [5.74, 6) is 0.0284. The maximum atomic E-state index is 12.3. The van der Waals surface area contributed by atoms with Crippen molar-refractivity contribution in [2.45, 2.75) is 32.2 Å². The maximum Gasteiger partial charge on any atom is 0.233 e. The third-order valence-electron chi connectivity index (χ3n) is 4.42. The number of nitrogens with one attached hydrogen (secondary N) is 1. The SMILES string of the molecule is O=C(CCCN1C(=O)[C@@H]2CC=CC[C@H]2C1=O)NCc1ccco1. The van der Waals surface area contributed by atoms with Crippen molar-refractivity contribution in [2.24, 2.45) is 11.8 Å². The van der Waals surface area contributed by atoms with Crippen LogP contribution in [0.5, 0.6) is 0 Å². The third-order valence-corrected chi connectivity index (χ3v) is 4.42. The number of imide groups is 1. The molecule has 2 aliphatic rings. The molecule has 0 spiro atoms. The number of carbonyl (C=O) groups is 3. The average molecular weight is 316 g/mol. The molecule has 1 N–H and O–H groups in total. The molecule has 3 amide bonds. The number of furan rings is 1. The van der Waals surface area contributed by atoms with Gasteiger partial charge in [-0.3, -0.25) is 19.3 Å². The van der Waals surface area contributed by atoms with Crippen molar-refractivity contribution in [1.82, 2.24) is 10.2 Å². The first-order chi connectivity index (χ1) is 11.2. The first kappa shape index (κ1) is 15.5. The van der Waals surface area contributed by atoms with Crippen LogP contribution in [-0.2, 0) is 20.9 Å². The van der Waals surface area contributed by atoms with E-state index in [9.17, 15) is 14.4 Å². The standard InChI is InChI=1S/C17H20N2O4/c20-15(18-11-12-5-4-10-23-12)8-3-9-19-16(21)13-6-1-2-7-14(13)17(19)22/h1-2,4-5,10,13-14H,3,6-9,11H2,(H,18,20)/t13-,14-/m1/s1. The molecule has 0 radical (unpaired) electrons. The fourth-order valence-electron chi connectivity index (χ4n) is 3.17. The highest BCUT2D eigenvalue weighted by molar-refractivity contribution is 6.05. The predicted molar refractivity (Wildman–Crippen MR) is 81.9 cm³/mol. The van der Waals surface area contributed by atoms with E-state index < -0.39 is 0 Å². The van der Waals surface area contributed by atoms with Crippen molar-refractivity contribution < 1.29 is 18.8 Å². The Morgan fingerprint density at radius 2 is 1.91 bits per heavy atom. The molecule has 6 heteroatoms. The van der Waals surface area contributed by atoms with Gasteiger partial charge in [0.2, 0.25) is 17.7 Å². The van der Waals surface area contributed by atoms with Crippen LogP contribution in [0.4, 0.5) is 0 Å². The van der Waals surface area contributed by atoms with Crippen LogP contribution in [0.2, 0.25) is 0 Å². The van der Waals surface area contributed by atoms with Gasteiger partial charge in [-0.25, -0.2) is 0 Å². The quantitative estimate of drug-likeness (QED) is 0.639. The Balaban J connectivity index is 1.42. The fourth-order valence-corrected chi connectivity index (χ4v) is 3.17. The van der Waals surface area contributed by atoms with E-state index in [-0.39, 0.29) is 36.0 Å². The van der Waals surface area contributed by atoms with Gasteiger partial charge < -0.3 is 9.73 Å². The van der Waals surface area contributed by atoms with Gasteiger partial charge in [0.15, 0.2) is 0 Å². The van der Waals surface area contributed by atoms with E-state index in [1.807, 2.05) is 12.2 Å². The summed E-state index contributed by atoms with van der Waals surface area (Å²) in [4.78, 5) is 37.6. The Morgan fingerprint density at radius 3 is 2.52 bits per heavy atom. The van der Waals surface area contributed by atoms with Gasteiger partial charge in [-0.15, -0.1) is 0 Å². The van der Waals surface area contributed by atoms with E-state index >= 15 is 0 Å².